The van der Waals surface area contributed by atoms with Crippen LogP contribution < -0.4 is 5.32 Å². The number of nitrogens with zero attached hydrogens (tertiary/aromatic N) is 5. The molecule has 0 saturated heterocycles. The lowest BCUT2D eigenvalue weighted by Crippen LogP contribution is -2.22. The minimum atomic E-state index is -1.32. The molecule has 3 heterocycles. The molecule has 0 aliphatic rings. The molecule has 0 fully saturated rings. The molecular formula is C18H16ClFN6OS2. The minimum absolute atomic E-state index is 0.201. The van der Waals surface area contributed by atoms with Crippen LogP contribution in [-0.4, -0.2) is 30.1 Å². The summed E-state index contributed by atoms with van der Waals surface area (Å²) in [4.78, 5) is 4.34. The van der Waals surface area contributed by atoms with Gasteiger partial charge in [0.1, 0.15) is 10.8 Å². The van der Waals surface area contributed by atoms with Crippen molar-refractivity contribution in [1.29, 1.82) is 0 Å². The first-order chi connectivity index (χ1) is 13.8. The van der Waals surface area contributed by atoms with Crippen LogP contribution in [-0.2, 0) is 12.1 Å². The highest BCUT2D eigenvalue weighted by atomic mass is 35.5. The van der Waals surface area contributed by atoms with Crippen molar-refractivity contribution in [3.8, 4) is 0 Å². The van der Waals surface area contributed by atoms with Crippen molar-refractivity contribution < 1.29 is 9.50 Å². The summed E-state index contributed by atoms with van der Waals surface area (Å²) in [5, 5.41) is 30.1. The highest BCUT2D eigenvalue weighted by molar-refractivity contribution is 7.15. The van der Waals surface area contributed by atoms with E-state index in [4.69, 9.17) is 11.6 Å². The second-order valence-electron chi connectivity index (χ2n) is 6.50. The van der Waals surface area contributed by atoms with Crippen LogP contribution in [0.25, 0.3) is 0 Å². The van der Waals surface area contributed by atoms with Gasteiger partial charge in [-0.1, -0.05) is 29.0 Å². The highest BCUT2D eigenvalue weighted by Gasteiger charge is 2.33. The normalized spacial score (nSPS) is 13.4. The Hall–Kier alpha value is -2.40. The second kappa shape index (κ2) is 7.79. The van der Waals surface area contributed by atoms with Gasteiger partial charge in [0, 0.05) is 33.9 Å². The van der Waals surface area contributed by atoms with Crippen LogP contribution in [0.15, 0.2) is 35.8 Å². The number of hydrogen-bond acceptors (Lipinski definition) is 8. The Bertz CT molecular complexity index is 1130. The Labute approximate surface area is 178 Å². The van der Waals surface area contributed by atoms with Crippen molar-refractivity contribution in [2.24, 2.45) is 0 Å². The van der Waals surface area contributed by atoms with E-state index in [1.165, 1.54) is 28.7 Å². The molecular weight excluding hydrogens is 435 g/mol. The van der Waals surface area contributed by atoms with Gasteiger partial charge in [-0.3, -0.25) is 4.68 Å². The summed E-state index contributed by atoms with van der Waals surface area (Å²) in [6.07, 6.45) is 1.71. The summed E-state index contributed by atoms with van der Waals surface area (Å²) in [6.45, 7) is 3.71. The molecule has 29 heavy (non-hydrogen) atoms. The molecule has 3 aromatic heterocycles. The number of thiazole rings is 1. The predicted molar refractivity (Wildman–Crippen MR) is 111 cm³/mol. The zero-order valence-corrected chi connectivity index (χ0v) is 17.8. The lowest BCUT2D eigenvalue weighted by atomic mass is 10.1. The van der Waals surface area contributed by atoms with E-state index in [1.807, 2.05) is 12.3 Å². The van der Waals surface area contributed by atoms with Gasteiger partial charge in [0.25, 0.3) is 0 Å². The summed E-state index contributed by atoms with van der Waals surface area (Å²) in [6, 6.07) is 6.30. The zero-order valence-electron chi connectivity index (χ0n) is 15.4. The number of aromatic nitrogens is 5. The lowest BCUT2D eigenvalue weighted by molar-refractivity contribution is 0.101. The van der Waals surface area contributed by atoms with Crippen molar-refractivity contribution in [3.05, 3.63) is 68.0 Å². The van der Waals surface area contributed by atoms with Gasteiger partial charge in [0.05, 0.1) is 6.54 Å². The minimum Gasteiger partial charge on any atom is -0.376 e. The molecule has 4 rings (SSSR count). The maximum Gasteiger partial charge on any atom is 0.211 e. The van der Waals surface area contributed by atoms with Crippen molar-refractivity contribution in [2.45, 2.75) is 26.0 Å². The first-order valence-corrected chi connectivity index (χ1v) is 10.6. The fraction of sp³-hybridized carbons (Fsp3) is 0.222. The third-order valence-electron chi connectivity index (χ3n) is 4.13. The number of rotatable bonds is 6. The van der Waals surface area contributed by atoms with E-state index in [1.54, 1.807) is 36.0 Å². The smallest absolute Gasteiger partial charge is 0.211 e. The van der Waals surface area contributed by atoms with Gasteiger partial charge in [0.2, 0.25) is 5.13 Å². The van der Waals surface area contributed by atoms with E-state index < -0.39 is 5.60 Å². The second-order valence-corrected chi connectivity index (χ2v) is 8.75. The molecule has 0 bridgehead atoms. The maximum atomic E-state index is 14.0. The van der Waals surface area contributed by atoms with Crippen molar-refractivity contribution in [3.63, 3.8) is 0 Å². The van der Waals surface area contributed by atoms with Crippen LogP contribution in [0.2, 0.25) is 5.02 Å². The number of halogens is 2. The number of anilines is 2. The molecule has 0 radical (unpaired) electrons. The molecule has 0 saturated carbocycles. The van der Waals surface area contributed by atoms with Gasteiger partial charge in [-0.2, -0.15) is 5.10 Å². The van der Waals surface area contributed by atoms with Crippen LogP contribution >= 0.6 is 34.3 Å². The molecule has 0 aliphatic carbocycles. The van der Waals surface area contributed by atoms with Crippen molar-refractivity contribution in [1.82, 2.24) is 25.0 Å². The summed E-state index contributed by atoms with van der Waals surface area (Å²) in [5.41, 5.74) is -0.109. The third-order valence-corrected chi connectivity index (χ3v) is 6.71. The Kier molecular flexibility index (Phi) is 5.34. The predicted octanol–water partition coefficient (Wildman–Crippen LogP) is 4.34. The van der Waals surface area contributed by atoms with Gasteiger partial charge in [-0.15, -0.1) is 21.5 Å². The molecule has 0 aliphatic heterocycles. The van der Waals surface area contributed by atoms with Crippen molar-refractivity contribution in [2.75, 3.05) is 5.32 Å². The Morgan fingerprint density at radius 2 is 2.10 bits per heavy atom. The number of aliphatic hydroxyl groups is 1. The molecule has 2 N–H and O–H groups in total. The molecule has 0 amide bonds. The van der Waals surface area contributed by atoms with Gasteiger partial charge < -0.3 is 10.4 Å². The number of benzene rings is 1. The first kappa shape index (κ1) is 19.9. The molecule has 7 nitrogen and oxygen atoms in total. The molecule has 0 spiro atoms. The van der Waals surface area contributed by atoms with Gasteiger partial charge >= 0.3 is 0 Å². The SMILES string of the molecule is Cc1csc([C@@](C)(O)c2nnc(Nc3ccn(Cc4c(F)cccc4Cl)n3)s2)n1. The summed E-state index contributed by atoms with van der Waals surface area (Å²) < 4.78 is 15.5. The van der Waals surface area contributed by atoms with E-state index >= 15 is 0 Å². The summed E-state index contributed by atoms with van der Waals surface area (Å²) in [5.74, 6) is 0.140. The largest absolute Gasteiger partial charge is 0.376 e. The first-order valence-electron chi connectivity index (χ1n) is 8.55. The topological polar surface area (TPSA) is 88.8 Å². The fourth-order valence-corrected chi connectivity index (χ4v) is 4.55. The molecule has 150 valence electrons. The third kappa shape index (κ3) is 4.15. The molecule has 1 atom stereocenters. The Morgan fingerprint density at radius 3 is 2.83 bits per heavy atom. The van der Waals surface area contributed by atoms with Crippen molar-refractivity contribution >= 4 is 45.2 Å². The Morgan fingerprint density at radius 1 is 1.28 bits per heavy atom. The molecule has 11 heteroatoms. The van der Waals surface area contributed by atoms with Crippen LogP contribution in [0, 0.1) is 12.7 Å². The average Bonchev–Trinajstić information content (AvgIpc) is 3.40. The highest BCUT2D eigenvalue weighted by Crippen LogP contribution is 2.35. The molecule has 4 aromatic rings. The number of hydrogen-bond donors (Lipinski definition) is 2. The lowest BCUT2D eigenvalue weighted by Gasteiger charge is -2.16. The summed E-state index contributed by atoms with van der Waals surface area (Å²) in [7, 11) is 0. The van der Waals surface area contributed by atoms with Gasteiger partial charge in [0.15, 0.2) is 16.4 Å². The maximum absolute atomic E-state index is 14.0. The quantitative estimate of drug-likeness (QED) is 0.454. The molecule has 1 aromatic carbocycles. The van der Waals surface area contributed by atoms with Crippen LogP contribution in [0.3, 0.4) is 0 Å². The van der Waals surface area contributed by atoms with Crippen LogP contribution in [0.4, 0.5) is 15.3 Å². The summed E-state index contributed by atoms with van der Waals surface area (Å²) >= 11 is 8.65. The van der Waals surface area contributed by atoms with E-state index in [0.717, 1.165) is 5.69 Å². The standard InChI is InChI=1S/C18H16ClFN6OS2/c1-10-9-28-15(21-10)18(2,27)16-23-24-17(29-16)22-14-6-7-26(25-14)8-11-12(19)4-3-5-13(11)20/h3-7,9,27H,8H2,1-2H3,(H,22,24,25)/t18-/m1/s1. The fourth-order valence-electron chi connectivity index (χ4n) is 2.61. The number of aryl methyl sites for hydroxylation is 1. The monoisotopic (exact) mass is 450 g/mol. The van der Waals surface area contributed by atoms with E-state index in [0.29, 0.717) is 31.6 Å². The Balaban J connectivity index is 1.49. The average molecular weight is 451 g/mol. The van der Waals surface area contributed by atoms with E-state index in [-0.39, 0.29) is 12.4 Å². The zero-order chi connectivity index (χ0) is 20.6. The van der Waals surface area contributed by atoms with Crippen LogP contribution in [0.1, 0.15) is 28.2 Å². The van der Waals surface area contributed by atoms with Crippen LogP contribution in [0.5, 0.6) is 0 Å². The van der Waals surface area contributed by atoms with E-state index in [2.05, 4.69) is 25.6 Å². The molecule has 0 unspecified atom stereocenters. The van der Waals surface area contributed by atoms with Gasteiger partial charge in [-0.25, -0.2) is 9.37 Å². The van der Waals surface area contributed by atoms with E-state index in [9.17, 15) is 9.50 Å². The van der Waals surface area contributed by atoms with Gasteiger partial charge in [-0.05, 0) is 26.0 Å². The number of nitrogens with one attached hydrogen (secondary N) is 1.